The predicted molar refractivity (Wildman–Crippen MR) is 138 cm³/mol. The molecule has 0 bridgehead atoms. The van der Waals surface area contributed by atoms with Crippen LogP contribution in [-0.4, -0.2) is 50.5 Å². The minimum Gasteiger partial charge on any atom is -0.354 e. The average Bonchev–Trinajstić information content (AvgIpc) is 2.76. The molecular weight excluding hydrogens is 497 g/mol. The van der Waals surface area contributed by atoms with Crippen molar-refractivity contribution in [1.82, 2.24) is 10.2 Å². The molecule has 1 atom stereocenters. The number of aryl methyl sites for hydroxylation is 1. The van der Waals surface area contributed by atoms with E-state index in [-0.39, 0.29) is 12.5 Å². The molecule has 2 rings (SSSR count). The van der Waals surface area contributed by atoms with Gasteiger partial charge in [0.1, 0.15) is 12.6 Å². The Bertz CT molecular complexity index is 1130. The molecule has 2 aromatic carbocycles. The van der Waals surface area contributed by atoms with E-state index in [4.69, 9.17) is 23.2 Å². The standard InChI is InChI=1S/C24H31Cl2N3O4S/c1-6-13-27-24(31)18(4)28(14-19-20(25)10-8-11-21(19)26)23(30)15-29(34(5,32)33)22-12-7-9-16(2)17(22)3/h7-12,18H,6,13-15H2,1-5H3,(H,27,31). The fourth-order valence-electron chi connectivity index (χ4n) is 3.43. The Morgan fingerprint density at radius 3 is 2.21 bits per heavy atom. The molecule has 0 saturated heterocycles. The van der Waals surface area contributed by atoms with E-state index in [0.29, 0.717) is 27.8 Å². The van der Waals surface area contributed by atoms with Crippen LogP contribution >= 0.6 is 23.2 Å². The van der Waals surface area contributed by atoms with Crippen molar-refractivity contribution in [2.45, 2.75) is 46.7 Å². The lowest BCUT2D eigenvalue weighted by atomic mass is 10.1. The molecule has 0 aliphatic rings. The molecule has 0 saturated carbocycles. The quantitative estimate of drug-likeness (QED) is 0.498. The molecule has 1 unspecified atom stereocenters. The molecule has 2 aromatic rings. The van der Waals surface area contributed by atoms with E-state index >= 15 is 0 Å². The van der Waals surface area contributed by atoms with Gasteiger partial charge in [0.2, 0.25) is 21.8 Å². The summed E-state index contributed by atoms with van der Waals surface area (Å²) in [5.74, 6) is -0.905. The number of amides is 2. The van der Waals surface area contributed by atoms with Crippen molar-refractivity contribution in [3.8, 4) is 0 Å². The number of rotatable bonds is 10. The maximum atomic E-state index is 13.6. The van der Waals surface area contributed by atoms with Gasteiger partial charge in [-0.15, -0.1) is 0 Å². The normalized spacial score (nSPS) is 12.2. The minimum absolute atomic E-state index is 0.0531. The summed E-state index contributed by atoms with van der Waals surface area (Å²) in [6, 6.07) is 9.35. The van der Waals surface area contributed by atoms with Crippen LogP contribution in [0.5, 0.6) is 0 Å². The molecule has 186 valence electrons. The van der Waals surface area contributed by atoms with E-state index in [9.17, 15) is 18.0 Å². The number of hydrogen-bond donors (Lipinski definition) is 1. The number of anilines is 1. The maximum Gasteiger partial charge on any atom is 0.244 e. The Kier molecular flexibility index (Phi) is 9.79. The molecule has 0 fully saturated rings. The van der Waals surface area contributed by atoms with Gasteiger partial charge in [-0.2, -0.15) is 0 Å². The van der Waals surface area contributed by atoms with E-state index < -0.39 is 28.5 Å². The number of halogens is 2. The Balaban J connectivity index is 2.48. The van der Waals surface area contributed by atoms with Crippen LogP contribution in [0.25, 0.3) is 0 Å². The van der Waals surface area contributed by atoms with E-state index in [1.54, 1.807) is 44.2 Å². The van der Waals surface area contributed by atoms with Gasteiger partial charge in [0.05, 0.1) is 11.9 Å². The van der Waals surface area contributed by atoms with Gasteiger partial charge in [-0.05, 0) is 56.5 Å². The monoisotopic (exact) mass is 527 g/mol. The van der Waals surface area contributed by atoms with Crippen LogP contribution in [0.1, 0.15) is 37.0 Å². The van der Waals surface area contributed by atoms with E-state index in [1.165, 1.54) is 4.90 Å². The van der Waals surface area contributed by atoms with Crippen molar-refractivity contribution in [3.05, 3.63) is 63.1 Å². The van der Waals surface area contributed by atoms with Crippen molar-refractivity contribution in [3.63, 3.8) is 0 Å². The highest BCUT2D eigenvalue weighted by atomic mass is 35.5. The first-order chi connectivity index (χ1) is 15.9. The highest BCUT2D eigenvalue weighted by Crippen LogP contribution is 2.28. The summed E-state index contributed by atoms with van der Waals surface area (Å²) in [7, 11) is -3.80. The first kappa shape index (κ1) is 28.0. The van der Waals surface area contributed by atoms with E-state index in [2.05, 4.69) is 5.32 Å². The molecule has 0 radical (unpaired) electrons. The van der Waals surface area contributed by atoms with Crippen LogP contribution < -0.4 is 9.62 Å². The summed E-state index contributed by atoms with van der Waals surface area (Å²) in [5, 5.41) is 3.48. The Morgan fingerprint density at radius 1 is 1.06 bits per heavy atom. The number of hydrogen-bond acceptors (Lipinski definition) is 4. The van der Waals surface area contributed by atoms with Crippen molar-refractivity contribution >= 4 is 50.7 Å². The fourth-order valence-corrected chi connectivity index (χ4v) is 4.85. The summed E-state index contributed by atoms with van der Waals surface area (Å²) in [6.07, 6.45) is 1.78. The molecule has 0 aromatic heterocycles. The molecule has 2 amide bonds. The molecule has 34 heavy (non-hydrogen) atoms. The van der Waals surface area contributed by atoms with Crippen LogP contribution in [0, 0.1) is 13.8 Å². The zero-order chi connectivity index (χ0) is 25.6. The lowest BCUT2D eigenvalue weighted by molar-refractivity contribution is -0.139. The van der Waals surface area contributed by atoms with Crippen molar-refractivity contribution in [1.29, 1.82) is 0 Å². The van der Waals surface area contributed by atoms with E-state index in [1.807, 2.05) is 19.9 Å². The first-order valence-electron chi connectivity index (χ1n) is 10.9. The van der Waals surface area contributed by atoms with Gasteiger partial charge in [0, 0.05) is 28.7 Å². The average molecular weight is 529 g/mol. The smallest absolute Gasteiger partial charge is 0.244 e. The van der Waals surface area contributed by atoms with Gasteiger partial charge >= 0.3 is 0 Å². The number of nitrogens with one attached hydrogen (secondary N) is 1. The van der Waals surface area contributed by atoms with E-state index in [0.717, 1.165) is 28.1 Å². The highest BCUT2D eigenvalue weighted by molar-refractivity contribution is 7.92. The molecule has 0 aliphatic carbocycles. The molecular formula is C24H31Cl2N3O4S. The molecule has 0 heterocycles. The topological polar surface area (TPSA) is 86.8 Å². The number of sulfonamides is 1. The fraction of sp³-hybridized carbons (Fsp3) is 0.417. The highest BCUT2D eigenvalue weighted by Gasteiger charge is 2.31. The van der Waals surface area contributed by atoms with Crippen molar-refractivity contribution in [2.24, 2.45) is 0 Å². The third kappa shape index (κ3) is 6.87. The number of benzene rings is 2. The van der Waals surface area contributed by atoms with Crippen LogP contribution in [0.4, 0.5) is 5.69 Å². The molecule has 7 nitrogen and oxygen atoms in total. The van der Waals surface area contributed by atoms with Crippen LogP contribution in [0.3, 0.4) is 0 Å². The van der Waals surface area contributed by atoms with Gasteiger partial charge in [0.15, 0.2) is 0 Å². The van der Waals surface area contributed by atoms with Gasteiger partial charge in [-0.1, -0.05) is 48.3 Å². The van der Waals surface area contributed by atoms with Crippen LogP contribution in [0.2, 0.25) is 10.0 Å². The van der Waals surface area contributed by atoms with Crippen LogP contribution in [-0.2, 0) is 26.2 Å². The van der Waals surface area contributed by atoms with Gasteiger partial charge in [0.25, 0.3) is 0 Å². The minimum atomic E-state index is -3.80. The summed E-state index contributed by atoms with van der Waals surface area (Å²) >= 11 is 12.7. The molecule has 0 aliphatic heterocycles. The Labute approximate surface area is 212 Å². The van der Waals surface area contributed by atoms with Gasteiger partial charge < -0.3 is 10.2 Å². The Hall–Kier alpha value is -2.29. The number of carbonyl (C=O) groups is 2. The summed E-state index contributed by atoms with van der Waals surface area (Å²) in [6.45, 7) is 7.11. The third-order valence-corrected chi connectivity index (χ3v) is 7.47. The SMILES string of the molecule is CCCNC(=O)C(C)N(Cc1c(Cl)cccc1Cl)C(=O)CN(c1cccc(C)c1C)S(C)(=O)=O. The van der Waals surface area contributed by atoms with Crippen LogP contribution in [0.15, 0.2) is 36.4 Å². The van der Waals surface area contributed by atoms with Gasteiger partial charge in [-0.25, -0.2) is 8.42 Å². The lowest BCUT2D eigenvalue weighted by Gasteiger charge is -2.32. The van der Waals surface area contributed by atoms with Gasteiger partial charge in [-0.3, -0.25) is 13.9 Å². The number of nitrogens with zero attached hydrogens (tertiary/aromatic N) is 2. The Morgan fingerprint density at radius 2 is 1.65 bits per heavy atom. The first-order valence-corrected chi connectivity index (χ1v) is 13.5. The lowest BCUT2D eigenvalue weighted by Crippen LogP contribution is -2.51. The second-order valence-corrected chi connectivity index (χ2v) is 10.9. The summed E-state index contributed by atoms with van der Waals surface area (Å²) < 4.78 is 26.5. The van der Waals surface area contributed by atoms with Crippen molar-refractivity contribution < 1.29 is 18.0 Å². The second-order valence-electron chi connectivity index (χ2n) is 8.18. The molecule has 1 N–H and O–H groups in total. The molecule has 0 spiro atoms. The second kappa shape index (κ2) is 11.9. The zero-order valence-electron chi connectivity index (χ0n) is 20.1. The summed E-state index contributed by atoms with van der Waals surface area (Å²) in [4.78, 5) is 27.6. The maximum absolute atomic E-state index is 13.6. The predicted octanol–water partition coefficient (Wildman–Crippen LogP) is 4.32. The summed E-state index contributed by atoms with van der Waals surface area (Å²) in [5.41, 5.74) is 2.53. The third-order valence-electron chi connectivity index (χ3n) is 5.63. The molecule has 10 heteroatoms. The van der Waals surface area contributed by atoms with Crippen molar-refractivity contribution in [2.75, 3.05) is 23.7 Å². The largest absolute Gasteiger partial charge is 0.354 e. The number of carbonyl (C=O) groups excluding carboxylic acids is 2. The zero-order valence-corrected chi connectivity index (χ0v) is 22.4.